The van der Waals surface area contributed by atoms with Gasteiger partial charge in [0, 0.05) is 0 Å². The summed E-state index contributed by atoms with van der Waals surface area (Å²) in [5.74, 6) is 0. The minimum absolute atomic E-state index is 0.182. The van der Waals surface area contributed by atoms with Crippen molar-refractivity contribution in [3.05, 3.63) is 30.3 Å². The van der Waals surface area contributed by atoms with Gasteiger partial charge in [-0.3, -0.25) is 0 Å². The third-order valence-electron chi connectivity index (χ3n) is 1.63. The van der Waals surface area contributed by atoms with E-state index in [1.54, 1.807) is 6.07 Å². The number of hydrogen-bond donors (Lipinski definition) is 4. The maximum atomic E-state index is 11.1. The van der Waals surface area contributed by atoms with E-state index in [0.29, 0.717) is 0 Å². The second kappa shape index (κ2) is 4.10. The Kier molecular flexibility index (Phi) is 3.41. The zero-order valence-electron chi connectivity index (χ0n) is 7.39. The number of hydrogen-bond acceptors (Lipinski definition) is 4. The average Bonchev–Trinajstić information content (AvgIpc) is 2.16. The molecule has 1 aromatic rings. The van der Waals surface area contributed by atoms with Crippen molar-refractivity contribution in [1.82, 2.24) is 0 Å². The highest BCUT2D eigenvalue weighted by molar-refractivity contribution is 8.05. The van der Waals surface area contributed by atoms with Crippen molar-refractivity contribution in [1.29, 1.82) is 0 Å². The van der Waals surface area contributed by atoms with E-state index < -0.39 is 20.6 Å². The molecular weight excluding hydrogens is 242 g/mol. The summed E-state index contributed by atoms with van der Waals surface area (Å²) in [6, 6.07) is 6.89. The zero-order valence-corrected chi connectivity index (χ0v) is 9.18. The monoisotopic (exact) mass is 251 g/mol. The molecule has 1 rings (SSSR count). The van der Waals surface area contributed by atoms with Gasteiger partial charge in [0.15, 0.2) is 5.30 Å². The maximum Gasteiger partial charge on any atom is 0.440 e. The third-order valence-corrected chi connectivity index (χ3v) is 5.30. The van der Waals surface area contributed by atoms with Gasteiger partial charge in [0.05, 0.1) is 0 Å². The average molecular weight is 251 g/mol. The van der Waals surface area contributed by atoms with Crippen LogP contribution < -0.4 is 5.30 Å². The van der Waals surface area contributed by atoms with Gasteiger partial charge in [0.2, 0.25) is 0 Å². The lowest BCUT2D eigenvalue weighted by Gasteiger charge is -2.09. The Hall–Kier alpha value is -0.610. The fourth-order valence-electron chi connectivity index (χ4n) is 0.928. The largest absolute Gasteiger partial charge is 0.440 e. The summed E-state index contributed by atoms with van der Waals surface area (Å²) >= 11 is 0. The second-order valence-corrected chi connectivity index (χ2v) is 6.74. The van der Waals surface area contributed by atoms with Crippen molar-refractivity contribution in [3.63, 3.8) is 0 Å². The molecular formula is C7H9O6P2+. The standard InChI is InChI=1S/C7H8O6P2/c8-7(15(11,12)13)14(9,10)6-4-2-1-3-5-6/h1-5,9-10H,(H-,11,12,13)/p+1. The van der Waals surface area contributed by atoms with Gasteiger partial charge >= 0.3 is 20.6 Å². The Morgan fingerprint density at radius 2 is 1.60 bits per heavy atom. The first-order valence-corrected chi connectivity index (χ1v) is 7.07. The quantitative estimate of drug-likeness (QED) is 0.579. The van der Waals surface area contributed by atoms with Crippen molar-refractivity contribution >= 4 is 25.9 Å². The Morgan fingerprint density at radius 3 is 2.00 bits per heavy atom. The molecule has 8 heteroatoms. The lowest BCUT2D eigenvalue weighted by molar-refractivity contribution is 0.260. The zero-order chi connectivity index (χ0) is 11.7. The van der Waals surface area contributed by atoms with Crippen molar-refractivity contribution in [2.24, 2.45) is 0 Å². The molecule has 6 nitrogen and oxygen atoms in total. The van der Waals surface area contributed by atoms with Crippen molar-refractivity contribution in [2.75, 3.05) is 0 Å². The van der Waals surface area contributed by atoms with Crippen LogP contribution in [0.15, 0.2) is 30.3 Å². The molecule has 1 aromatic carbocycles. The van der Waals surface area contributed by atoms with Gasteiger partial charge in [0.1, 0.15) is 0 Å². The molecule has 4 N–H and O–H groups in total. The summed E-state index contributed by atoms with van der Waals surface area (Å²) in [4.78, 5) is 47.0. The summed E-state index contributed by atoms with van der Waals surface area (Å²) in [5, 5.41) is -2.01. The number of rotatable bonds is 3. The minimum atomic E-state index is -5.13. The molecule has 0 heterocycles. The highest BCUT2D eigenvalue weighted by atomic mass is 31.3. The predicted octanol–water partition coefficient (Wildman–Crippen LogP) is 0.442. The van der Waals surface area contributed by atoms with E-state index >= 15 is 0 Å². The van der Waals surface area contributed by atoms with E-state index in [1.807, 2.05) is 0 Å². The van der Waals surface area contributed by atoms with E-state index in [9.17, 15) is 19.1 Å². The maximum absolute atomic E-state index is 11.1. The summed E-state index contributed by atoms with van der Waals surface area (Å²) in [7, 11) is -9.54. The highest BCUT2D eigenvalue weighted by Gasteiger charge is 2.56. The van der Waals surface area contributed by atoms with Crippen molar-refractivity contribution < 1.29 is 28.9 Å². The van der Waals surface area contributed by atoms with Gasteiger partial charge in [-0.05, 0) is 12.1 Å². The molecule has 0 radical (unpaired) electrons. The molecule has 0 aliphatic heterocycles. The Bertz CT molecular complexity index is 409. The Balaban J connectivity index is 3.15. The smallest absolute Gasteiger partial charge is 0.316 e. The van der Waals surface area contributed by atoms with E-state index in [2.05, 4.69) is 0 Å². The van der Waals surface area contributed by atoms with Crippen LogP contribution in [-0.4, -0.2) is 24.8 Å². The van der Waals surface area contributed by atoms with Gasteiger partial charge < -0.3 is 9.79 Å². The molecule has 0 unspecified atom stereocenters. The van der Waals surface area contributed by atoms with Crippen LogP contribution in [0.1, 0.15) is 0 Å². The van der Waals surface area contributed by atoms with Crippen molar-refractivity contribution in [3.8, 4) is 0 Å². The van der Waals surface area contributed by atoms with Crippen LogP contribution in [0.3, 0.4) is 0 Å². The van der Waals surface area contributed by atoms with Crippen LogP contribution in [-0.2, 0) is 4.57 Å². The fraction of sp³-hybridized carbons (Fsp3) is 0. The number of carbonyl (C=O) groups is 1. The van der Waals surface area contributed by atoms with Crippen LogP contribution in [0.5, 0.6) is 0 Å². The topological polar surface area (TPSA) is 115 Å². The van der Waals surface area contributed by atoms with E-state index in [0.717, 1.165) is 0 Å². The summed E-state index contributed by atoms with van der Waals surface area (Å²) in [6.07, 6.45) is 0. The summed E-state index contributed by atoms with van der Waals surface area (Å²) in [6.45, 7) is 0. The molecule has 82 valence electrons. The first kappa shape index (κ1) is 12.5. The van der Waals surface area contributed by atoms with Gasteiger partial charge in [-0.25, -0.2) is 19.1 Å². The number of benzene rings is 1. The van der Waals surface area contributed by atoms with Crippen LogP contribution in [0, 0.1) is 0 Å². The molecule has 0 amide bonds. The number of carbonyl (C=O) groups excluding carboxylic acids is 1. The highest BCUT2D eigenvalue weighted by Crippen LogP contribution is 2.62. The van der Waals surface area contributed by atoms with Crippen LogP contribution in [0.2, 0.25) is 0 Å². The minimum Gasteiger partial charge on any atom is -0.316 e. The lowest BCUT2D eigenvalue weighted by Crippen LogP contribution is -2.16. The molecule has 0 aliphatic rings. The third kappa shape index (κ3) is 2.69. The molecule has 0 spiro atoms. The van der Waals surface area contributed by atoms with E-state index in [1.165, 1.54) is 24.3 Å². The molecule has 0 saturated carbocycles. The summed E-state index contributed by atoms with van der Waals surface area (Å²) in [5.41, 5.74) is 0. The van der Waals surface area contributed by atoms with Crippen molar-refractivity contribution in [2.45, 2.75) is 0 Å². The first-order chi connectivity index (χ1) is 6.76. The normalized spacial score (nSPS) is 12.5. The SMILES string of the molecule is O=C(P(=O)(O)O)[P+](O)(O)c1ccccc1. The molecule has 0 aliphatic carbocycles. The molecule has 0 atom stereocenters. The Morgan fingerprint density at radius 1 is 1.13 bits per heavy atom. The molecule has 15 heavy (non-hydrogen) atoms. The lowest BCUT2D eigenvalue weighted by atomic mass is 10.4. The molecule has 0 bridgehead atoms. The second-order valence-electron chi connectivity index (χ2n) is 2.76. The van der Waals surface area contributed by atoms with Crippen LogP contribution in [0.25, 0.3) is 0 Å². The van der Waals surface area contributed by atoms with E-state index in [-0.39, 0.29) is 5.30 Å². The van der Waals surface area contributed by atoms with Gasteiger partial charge in [-0.1, -0.05) is 18.2 Å². The molecule has 0 saturated heterocycles. The van der Waals surface area contributed by atoms with Gasteiger partial charge in [0.25, 0.3) is 0 Å². The summed E-state index contributed by atoms with van der Waals surface area (Å²) < 4.78 is 10.6. The first-order valence-electron chi connectivity index (χ1n) is 3.77. The van der Waals surface area contributed by atoms with Crippen LogP contribution >= 0.6 is 15.3 Å². The van der Waals surface area contributed by atoms with Gasteiger partial charge in [-0.2, -0.15) is 0 Å². The Labute approximate surface area is 85.9 Å². The van der Waals surface area contributed by atoms with E-state index in [4.69, 9.17) is 9.79 Å². The van der Waals surface area contributed by atoms with Crippen LogP contribution in [0.4, 0.5) is 4.79 Å². The predicted molar refractivity (Wildman–Crippen MR) is 54.9 cm³/mol. The molecule has 0 fully saturated rings. The molecule has 0 aromatic heterocycles. The fourth-order valence-corrected chi connectivity index (χ4v) is 3.54. The van der Waals surface area contributed by atoms with Gasteiger partial charge in [-0.15, -0.1) is 0 Å².